The lowest BCUT2D eigenvalue weighted by Gasteiger charge is -2.14. The number of nitrogens with zero attached hydrogens (tertiary/aromatic N) is 3. The van der Waals surface area contributed by atoms with Gasteiger partial charge in [0.1, 0.15) is 11.6 Å². The van der Waals surface area contributed by atoms with Crippen LogP contribution < -0.4 is 10.5 Å². The van der Waals surface area contributed by atoms with Crippen LogP contribution in [-0.4, -0.2) is 27.0 Å². The summed E-state index contributed by atoms with van der Waals surface area (Å²) in [6, 6.07) is 5.75. The van der Waals surface area contributed by atoms with E-state index in [4.69, 9.17) is 5.73 Å². The van der Waals surface area contributed by atoms with Crippen LogP contribution in [0.1, 0.15) is 48.7 Å². The summed E-state index contributed by atoms with van der Waals surface area (Å²) in [5, 5.41) is 9.08. The standard InChI is InChI=1S/C17H19F3N4O2S/c1-10(11-4-6-13(7-5-11)26-17(18,19)20)27-16-23-22-15(12-2-3-12)24(16)9-8-14(21)25/h4-7,10,12H,2-3,8-9H2,1H3,(H2,21,25). The molecule has 0 radical (unpaired) electrons. The third kappa shape index (κ3) is 5.38. The Labute approximate surface area is 158 Å². The Kier molecular flexibility index (Phi) is 5.64. The van der Waals surface area contributed by atoms with Gasteiger partial charge in [-0.1, -0.05) is 23.9 Å². The van der Waals surface area contributed by atoms with Gasteiger partial charge in [0.15, 0.2) is 5.16 Å². The quantitative estimate of drug-likeness (QED) is 0.682. The van der Waals surface area contributed by atoms with Gasteiger partial charge in [-0.3, -0.25) is 4.79 Å². The van der Waals surface area contributed by atoms with E-state index in [1.165, 1.54) is 23.9 Å². The van der Waals surface area contributed by atoms with Crippen molar-refractivity contribution in [3.05, 3.63) is 35.7 Å². The van der Waals surface area contributed by atoms with Gasteiger partial charge in [-0.05, 0) is 37.5 Å². The third-order valence-corrected chi connectivity index (χ3v) is 5.27. The van der Waals surface area contributed by atoms with Gasteiger partial charge in [0.05, 0.1) is 0 Å². The molecule has 1 aromatic carbocycles. The summed E-state index contributed by atoms with van der Waals surface area (Å²) < 4.78 is 42.6. The van der Waals surface area contributed by atoms with Crippen molar-refractivity contribution in [2.45, 2.75) is 55.4 Å². The lowest BCUT2D eigenvalue weighted by atomic mass is 10.2. The number of carbonyl (C=O) groups is 1. The van der Waals surface area contributed by atoms with Crippen molar-refractivity contribution in [1.82, 2.24) is 14.8 Å². The first-order valence-electron chi connectivity index (χ1n) is 8.46. The maximum atomic E-state index is 12.3. The van der Waals surface area contributed by atoms with Crippen LogP contribution in [0.15, 0.2) is 29.4 Å². The molecule has 1 aliphatic rings. The SMILES string of the molecule is CC(Sc1nnc(C2CC2)n1CCC(N)=O)c1ccc(OC(F)(F)F)cc1. The van der Waals surface area contributed by atoms with Crippen molar-refractivity contribution in [3.8, 4) is 5.75 Å². The maximum absolute atomic E-state index is 12.3. The first-order chi connectivity index (χ1) is 12.7. The molecule has 3 rings (SSSR count). The maximum Gasteiger partial charge on any atom is 0.573 e. The topological polar surface area (TPSA) is 83.0 Å². The van der Waals surface area contributed by atoms with Crippen LogP contribution in [0.4, 0.5) is 13.2 Å². The summed E-state index contributed by atoms with van der Waals surface area (Å²) in [5.74, 6) is 0.576. The summed E-state index contributed by atoms with van der Waals surface area (Å²) in [7, 11) is 0. The van der Waals surface area contributed by atoms with Crippen molar-refractivity contribution >= 4 is 17.7 Å². The van der Waals surface area contributed by atoms with Crippen molar-refractivity contribution in [3.63, 3.8) is 0 Å². The summed E-state index contributed by atoms with van der Waals surface area (Å²) >= 11 is 1.43. The molecule has 1 fully saturated rings. The first-order valence-corrected chi connectivity index (χ1v) is 9.34. The Morgan fingerprint density at radius 2 is 2.00 bits per heavy atom. The molecule has 2 N–H and O–H groups in total. The highest BCUT2D eigenvalue weighted by atomic mass is 32.2. The number of carbonyl (C=O) groups excluding carboxylic acids is 1. The van der Waals surface area contributed by atoms with Gasteiger partial charge in [0.2, 0.25) is 5.91 Å². The summed E-state index contributed by atoms with van der Waals surface area (Å²) in [4.78, 5) is 11.1. The molecular weight excluding hydrogens is 381 g/mol. The number of halogens is 3. The van der Waals surface area contributed by atoms with E-state index in [0.29, 0.717) is 17.6 Å². The van der Waals surface area contributed by atoms with Crippen LogP contribution in [0.25, 0.3) is 0 Å². The van der Waals surface area contributed by atoms with Crippen molar-refractivity contribution in [1.29, 1.82) is 0 Å². The van der Waals surface area contributed by atoms with Gasteiger partial charge >= 0.3 is 6.36 Å². The molecule has 0 aliphatic heterocycles. The summed E-state index contributed by atoms with van der Waals surface area (Å²) in [6.07, 6.45) is -2.41. The number of hydrogen-bond donors (Lipinski definition) is 1. The van der Waals surface area contributed by atoms with Crippen LogP contribution in [0.2, 0.25) is 0 Å². The van der Waals surface area contributed by atoms with E-state index >= 15 is 0 Å². The average molecular weight is 400 g/mol. The fourth-order valence-corrected chi connectivity index (χ4v) is 3.64. The molecule has 1 aromatic heterocycles. The van der Waals surface area contributed by atoms with Gasteiger partial charge in [0.25, 0.3) is 0 Å². The lowest BCUT2D eigenvalue weighted by molar-refractivity contribution is -0.274. The largest absolute Gasteiger partial charge is 0.573 e. The Morgan fingerprint density at radius 1 is 1.33 bits per heavy atom. The smallest absolute Gasteiger partial charge is 0.406 e. The van der Waals surface area contributed by atoms with E-state index in [2.05, 4.69) is 14.9 Å². The van der Waals surface area contributed by atoms with Crippen molar-refractivity contribution in [2.24, 2.45) is 5.73 Å². The highest BCUT2D eigenvalue weighted by molar-refractivity contribution is 7.99. The summed E-state index contributed by atoms with van der Waals surface area (Å²) in [5.41, 5.74) is 6.09. The van der Waals surface area contributed by atoms with E-state index < -0.39 is 12.3 Å². The number of hydrogen-bond acceptors (Lipinski definition) is 5. The van der Waals surface area contributed by atoms with Gasteiger partial charge < -0.3 is 15.0 Å². The molecule has 10 heteroatoms. The highest BCUT2D eigenvalue weighted by Gasteiger charge is 2.32. The number of rotatable bonds is 8. The molecular formula is C17H19F3N4O2S. The summed E-state index contributed by atoms with van der Waals surface area (Å²) in [6.45, 7) is 2.34. The fraction of sp³-hybridized carbons (Fsp3) is 0.471. The number of amides is 1. The molecule has 0 spiro atoms. The number of benzene rings is 1. The van der Waals surface area contributed by atoms with Gasteiger partial charge in [-0.25, -0.2) is 0 Å². The number of ether oxygens (including phenoxy) is 1. The van der Waals surface area contributed by atoms with E-state index in [-0.39, 0.29) is 17.4 Å². The second-order valence-corrected chi connectivity index (χ2v) is 7.67. The molecule has 6 nitrogen and oxygen atoms in total. The molecule has 146 valence electrons. The zero-order valence-corrected chi connectivity index (χ0v) is 15.4. The molecule has 1 amide bonds. The number of thioether (sulfide) groups is 1. The average Bonchev–Trinajstić information content (AvgIpc) is 3.34. The predicted molar refractivity (Wildman–Crippen MR) is 93.2 cm³/mol. The number of aromatic nitrogens is 3. The molecule has 1 atom stereocenters. The Morgan fingerprint density at radius 3 is 2.56 bits per heavy atom. The molecule has 1 aliphatic carbocycles. The Bertz CT molecular complexity index is 804. The van der Waals surface area contributed by atoms with Crippen molar-refractivity contribution in [2.75, 3.05) is 0 Å². The van der Waals surface area contributed by atoms with Crippen LogP contribution >= 0.6 is 11.8 Å². The second kappa shape index (κ2) is 7.79. The van der Waals surface area contributed by atoms with Crippen LogP contribution in [0.3, 0.4) is 0 Å². The van der Waals surface area contributed by atoms with Crippen LogP contribution in [0.5, 0.6) is 5.75 Å². The second-order valence-electron chi connectivity index (χ2n) is 6.36. The van der Waals surface area contributed by atoms with Gasteiger partial charge in [-0.2, -0.15) is 0 Å². The van der Waals surface area contributed by atoms with E-state index in [9.17, 15) is 18.0 Å². The van der Waals surface area contributed by atoms with E-state index in [1.807, 2.05) is 11.5 Å². The monoisotopic (exact) mass is 400 g/mol. The molecule has 1 unspecified atom stereocenters. The van der Waals surface area contributed by atoms with Crippen molar-refractivity contribution < 1.29 is 22.7 Å². The molecule has 27 heavy (non-hydrogen) atoms. The lowest BCUT2D eigenvalue weighted by Crippen LogP contribution is -2.17. The molecule has 1 saturated carbocycles. The van der Waals surface area contributed by atoms with Crippen LogP contribution in [0, 0.1) is 0 Å². The zero-order chi connectivity index (χ0) is 19.6. The fourth-order valence-electron chi connectivity index (χ4n) is 2.63. The molecule has 1 heterocycles. The molecule has 0 bridgehead atoms. The van der Waals surface area contributed by atoms with E-state index in [0.717, 1.165) is 24.2 Å². The Balaban J connectivity index is 1.71. The minimum atomic E-state index is -4.71. The number of nitrogens with two attached hydrogens (primary N) is 1. The van der Waals surface area contributed by atoms with Gasteiger partial charge in [-0.15, -0.1) is 23.4 Å². The van der Waals surface area contributed by atoms with E-state index in [1.54, 1.807) is 12.1 Å². The van der Waals surface area contributed by atoms with Crippen LogP contribution in [-0.2, 0) is 11.3 Å². The highest BCUT2D eigenvalue weighted by Crippen LogP contribution is 2.42. The number of alkyl halides is 3. The predicted octanol–water partition coefficient (Wildman–Crippen LogP) is 3.78. The number of primary amides is 1. The van der Waals surface area contributed by atoms with Gasteiger partial charge in [0, 0.05) is 24.1 Å². The minimum absolute atomic E-state index is 0.0754. The Hall–Kier alpha value is -2.23. The first kappa shape index (κ1) is 19.5. The normalized spacial score (nSPS) is 15.6. The minimum Gasteiger partial charge on any atom is -0.406 e. The third-order valence-electron chi connectivity index (χ3n) is 4.14. The molecule has 2 aromatic rings. The molecule has 0 saturated heterocycles. The zero-order valence-electron chi connectivity index (χ0n) is 14.6.